The first kappa shape index (κ1) is 22.0. The maximum absolute atomic E-state index is 12.9. The van der Waals surface area contributed by atoms with Gasteiger partial charge in [-0.15, -0.1) is 0 Å². The van der Waals surface area contributed by atoms with Crippen LogP contribution in [0.4, 0.5) is 0 Å². The second-order valence-corrected chi connectivity index (χ2v) is 10.5. The molecule has 0 spiro atoms. The van der Waals surface area contributed by atoms with E-state index >= 15 is 0 Å². The molecule has 1 amide bonds. The van der Waals surface area contributed by atoms with E-state index in [1.807, 2.05) is 0 Å². The summed E-state index contributed by atoms with van der Waals surface area (Å²) < 4.78 is 0. The largest absolute Gasteiger partial charge is 0.389 e. The smallest absolute Gasteiger partial charge is 0.225 e. The molecule has 3 rings (SSSR count). The number of aliphatic hydroxyl groups is 3. The SMILES string of the molecule is CC(C)(C)[C@H]1CC[C@@H](C(=O)N2CCC(CN3C[C@@H](O)[C@H](O)[C@@H](O)C3)CC2)CC1. The Morgan fingerprint density at radius 2 is 1.43 bits per heavy atom. The van der Waals surface area contributed by atoms with Gasteiger partial charge in [-0.1, -0.05) is 20.8 Å². The van der Waals surface area contributed by atoms with Crippen molar-refractivity contribution in [3.8, 4) is 0 Å². The zero-order chi connectivity index (χ0) is 20.5. The summed E-state index contributed by atoms with van der Waals surface area (Å²) in [5.41, 5.74) is 0.345. The van der Waals surface area contributed by atoms with Gasteiger partial charge in [0.2, 0.25) is 5.91 Å². The first-order valence-electron chi connectivity index (χ1n) is 11.2. The number of carbonyl (C=O) groups is 1. The van der Waals surface area contributed by atoms with Gasteiger partial charge in [0.1, 0.15) is 6.10 Å². The number of piperidine rings is 2. The van der Waals surface area contributed by atoms with Crippen molar-refractivity contribution in [3.63, 3.8) is 0 Å². The van der Waals surface area contributed by atoms with Gasteiger partial charge in [0.05, 0.1) is 12.2 Å². The van der Waals surface area contributed by atoms with Crippen molar-refractivity contribution < 1.29 is 20.1 Å². The Bertz CT molecular complexity index is 507. The molecule has 2 heterocycles. The highest BCUT2D eigenvalue weighted by molar-refractivity contribution is 5.79. The van der Waals surface area contributed by atoms with Crippen molar-refractivity contribution in [1.82, 2.24) is 9.80 Å². The molecule has 0 radical (unpaired) electrons. The molecule has 3 atom stereocenters. The molecule has 6 nitrogen and oxygen atoms in total. The van der Waals surface area contributed by atoms with E-state index in [1.165, 1.54) is 12.8 Å². The average molecular weight is 397 g/mol. The van der Waals surface area contributed by atoms with Crippen LogP contribution in [0.5, 0.6) is 0 Å². The molecule has 1 aliphatic carbocycles. The van der Waals surface area contributed by atoms with Gasteiger partial charge in [0, 0.05) is 38.6 Å². The highest BCUT2D eigenvalue weighted by Crippen LogP contribution is 2.40. The van der Waals surface area contributed by atoms with Crippen LogP contribution in [0.15, 0.2) is 0 Å². The van der Waals surface area contributed by atoms with Crippen molar-refractivity contribution in [3.05, 3.63) is 0 Å². The number of amides is 1. The molecule has 0 unspecified atom stereocenters. The lowest BCUT2D eigenvalue weighted by atomic mass is 9.69. The van der Waals surface area contributed by atoms with Crippen LogP contribution in [0, 0.1) is 23.2 Å². The van der Waals surface area contributed by atoms with E-state index in [2.05, 4.69) is 30.6 Å². The van der Waals surface area contributed by atoms with E-state index in [0.717, 1.165) is 51.2 Å². The number of β-amino-alcohol motifs (C(OH)–C–C–N with tert-alkyl or cyclic N) is 2. The van der Waals surface area contributed by atoms with Crippen LogP contribution in [0.2, 0.25) is 0 Å². The Morgan fingerprint density at radius 1 is 0.893 bits per heavy atom. The second-order valence-electron chi connectivity index (χ2n) is 10.5. The van der Waals surface area contributed by atoms with Gasteiger partial charge < -0.3 is 20.2 Å². The molecule has 2 aliphatic heterocycles. The molecule has 6 heteroatoms. The predicted molar refractivity (Wildman–Crippen MR) is 109 cm³/mol. The molecule has 3 N–H and O–H groups in total. The zero-order valence-electron chi connectivity index (χ0n) is 17.9. The number of nitrogens with zero attached hydrogens (tertiary/aromatic N) is 2. The Kier molecular flexibility index (Phi) is 7.06. The molecule has 1 saturated carbocycles. The Labute approximate surface area is 169 Å². The summed E-state index contributed by atoms with van der Waals surface area (Å²) in [6.45, 7) is 10.2. The van der Waals surface area contributed by atoms with E-state index < -0.39 is 18.3 Å². The summed E-state index contributed by atoms with van der Waals surface area (Å²) in [5.74, 6) is 1.79. The van der Waals surface area contributed by atoms with Gasteiger partial charge in [-0.05, 0) is 55.8 Å². The maximum atomic E-state index is 12.9. The minimum absolute atomic E-state index is 0.212. The zero-order valence-corrected chi connectivity index (χ0v) is 17.9. The number of hydrogen-bond donors (Lipinski definition) is 3. The minimum Gasteiger partial charge on any atom is -0.389 e. The highest BCUT2D eigenvalue weighted by atomic mass is 16.4. The van der Waals surface area contributed by atoms with Gasteiger partial charge >= 0.3 is 0 Å². The molecule has 0 aromatic carbocycles. The lowest BCUT2D eigenvalue weighted by Crippen LogP contribution is -2.56. The predicted octanol–water partition coefficient (Wildman–Crippen LogP) is 1.48. The molecule has 2 saturated heterocycles. The lowest BCUT2D eigenvalue weighted by molar-refractivity contribution is -0.139. The Balaban J connectivity index is 1.41. The van der Waals surface area contributed by atoms with E-state index in [1.54, 1.807) is 0 Å². The van der Waals surface area contributed by atoms with E-state index in [-0.39, 0.29) is 5.92 Å². The van der Waals surface area contributed by atoms with Crippen LogP contribution in [0.3, 0.4) is 0 Å². The van der Waals surface area contributed by atoms with Crippen LogP contribution in [-0.4, -0.2) is 82.1 Å². The van der Waals surface area contributed by atoms with Crippen molar-refractivity contribution in [2.45, 2.75) is 77.6 Å². The van der Waals surface area contributed by atoms with Crippen LogP contribution in [0.1, 0.15) is 59.3 Å². The molecule has 3 aliphatic rings. The molecule has 3 fully saturated rings. The first-order valence-corrected chi connectivity index (χ1v) is 11.2. The standard InChI is InChI=1S/C22H40N2O4/c1-22(2,3)17-6-4-16(5-7-17)21(28)24-10-8-15(9-11-24)12-23-13-18(25)20(27)19(26)14-23/h15-20,25-27H,4-14H2,1-3H3/t16-,17+,18-,19+,20+. The Hall–Kier alpha value is -0.690. The molecule has 0 aromatic rings. The third kappa shape index (κ3) is 5.26. The number of hydrogen-bond acceptors (Lipinski definition) is 5. The van der Waals surface area contributed by atoms with E-state index in [0.29, 0.717) is 30.3 Å². The molecule has 162 valence electrons. The topological polar surface area (TPSA) is 84.2 Å². The van der Waals surface area contributed by atoms with Crippen LogP contribution in [0.25, 0.3) is 0 Å². The summed E-state index contributed by atoms with van der Waals surface area (Å²) in [5, 5.41) is 29.4. The van der Waals surface area contributed by atoms with Crippen LogP contribution >= 0.6 is 0 Å². The molecule has 28 heavy (non-hydrogen) atoms. The highest BCUT2D eigenvalue weighted by Gasteiger charge is 2.37. The van der Waals surface area contributed by atoms with Gasteiger partial charge in [0.15, 0.2) is 0 Å². The normalized spacial score (nSPS) is 36.5. The summed E-state index contributed by atoms with van der Waals surface area (Å²) in [6, 6.07) is 0. The fraction of sp³-hybridized carbons (Fsp3) is 0.955. The number of carbonyl (C=O) groups excluding carboxylic acids is 1. The van der Waals surface area contributed by atoms with Crippen molar-refractivity contribution in [2.24, 2.45) is 23.2 Å². The molecular weight excluding hydrogens is 356 g/mol. The third-order valence-corrected chi connectivity index (χ3v) is 7.42. The molecule has 0 aromatic heterocycles. The van der Waals surface area contributed by atoms with Gasteiger partial charge in [-0.2, -0.15) is 0 Å². The Morgan fingerprint density at radius 3 is 1.93 bits per heavy atom. The van der Waals surface area contributed by atoms with Crippen molar-refractivity contribution >= 4 is 5.91 Å². The number of likely N-dealkylation sites (tertiary alicyclic amines) is 2. The van der Waals surface area contributed by atoms with Gasteiger partial charge in [0.25, 0.3) is 0 Å². The average Bonchev–Trinajstić information content (AvgIpc) is 2.65. The van der Waals surface area contributed by atoms with Crippen molar-refractivity contribution in [2.75, 3.05) is 32.7 Å². The fourth-order valence-electron chi connectivity index (χ4n) is 5.39. The second kappa shape index (κ2) is 8.99. The lowest BCUT2D eigenvalue weighted by Gasteiger charge is -2.41. The first-order chi connectivity index (χ1) is 13.1. The van der Waals surface area contributed by atoms with Crippen molar-refractivity contribution in [1.29, 1.82) is 0 Å². The minimum atomic E-state index is -1.04. The number of rotatable bonds is 3. The van der Waals surface area contributed by atoms with E-state index in [4.69, 9.17) is 0 Å². The van der Waals surface area contributed by atoms with Crippen LogP contribution in [-0.2, 0) is 4.79 Å². The summed E-state index contributed by atoms with van der Waals surface area (Å²) in [6.07, 6.45) is 3.57. The maximum Gasteiger partial charge on any atom is 0.225 e. The third-order valence-electron chi connectivity index (χ3n) is 7.42. The molecule has 0 bridgehead atoms. The van der Waals surface area contributed by atoms with Crippen LogP contribution < -0.4 is 0 Å². The summed E-state index contributed by atoms with van der Waals surface area (Å²) in [4.78, 5) is 17.1. The quantitative estimate of drug-likeness (QED) is 0.673. The molecular formula is C22H40N2O4. The summed E-state index contributed by atoms with van der Waals surface area (Å²) >= 11 is 0. The van der Waals surface area contributed by atoms with Gasteiger partial charge in [-0.25, -0.2) is 0 Å². The number of aliphatic hydroxyl groups excluding tert-OH is 3. The fourth-order valence-corrected chi connectivity index (χ4v) is 5.39. The summed E-state index contributed by atoms with van der Waals surface area (Å²) in [7, 11) is 0. The van der Waals surface area contributed by atoms with Gasteiger partial charge in [-0.3, -0.25) is 9.69 Å². The van der Waals surface area contributed by atoms with E-state index in [9.17, 15) is 20.1 Å². The monoisotopic (exact) mass is 396 g/mol.